The first kappa shape index (κ1) is 16.3. The van der Waals surface area contributed by atoms with Gasteiger partial charge >= 0.3 is 0 Å². The number of amides is 1. The van der Waals surface area contributed by atoms with Gasteiger partial charge in [-0.2, -0.15) is 11.8 Å². The van der Waals surface area contributed by atoms with E-state index < -0.39 is 0 Å². The minimum Gasteiger partial charge on any atom is -0.396 e. The number of anilines is 1. The molecule has 1 aromatic heterocycles. The summed E-state index contributed by atoms with van der Waals surface area (Å²) in [5.74, 6) is 2.28. The van der Waals surface area contributed by atoms with E-state index in [4.69, 9.17) is 5.11 Å². The fraction of sp³-hybridized carbons (Fsp3) is 0.600. The van der Waals surface area contributed by atoms with Crippen LogP contribution in [0.4, 0.5) is 5.82 Å². The number of rotatable bonds is 6. The number of thioether (sulfide) groups is 1. The summed E-state index contributed by atoms with van der Waals surface area (Å²) in [6.45, 7) is 3.19. The van der Waals surface area contributed by atoms with Crippen LogP contribution in [0.3, 0.4) is 0 Å². The summed E-state index contributed by atoms with van der Waals surface area (Å²) in [6, 6.07) is 4.24. The molecule has 1 saturated heterocycles. The Labute approximate surface area is 129 Å². The van der Waals surface area contributed by atoms with Crippen LogP contribution in [0.25, 0.3) is 0 Å². The highest BCUT2D eigenvalue weighted by atomic mass is 32.2. The minimum absolute atomic E-state index is 0.0653. The van der Waals surface area contributed by atoms with Crippen molar-refractivity contribution in [3.05, 3.63) is 23.9 Å². The molecule has 0 spiro atoms. The first-order chi connectivity index (χ1) is 10.2. The van der Waals surface area contributed by atoms with Gasteiger partial charge in [-0.05, 0) is 44.0 Å². The number of aliphatic hydroxyl groups excluding tert-OH is 1. The fourth-order valence-electron chi connectivity index (χ4n) is 2.49. The molecule has 0 saturated carbocycles. The number of pyridine rings is 1. The average Bonchev–Trinajstić information content (AvgIpc) is 2.48. The van der Waals surface area contributed by atoms with Crippen LogP contribution in [-0.4, -0.2) is 40.9 Å². The Morgan fingerprint density at radius 1 is 1.62 bits per heavy atom. The molecular formula is C15H23N3O2S. The van der Waals surface area contributed by atoms with Gasteiger partial charge in [-0.25, -0.2) is 4.98 Å². The summed E-state index contributed by atoms with van der Waals surface area (Å²) in [5, 5.41) is 15.1. The van der Waals surface area contributed by atoms with E-state index >= 15 is 0 Å². The van der Waals surface area contributed by atoms with Crippen molar-refractivity contribution in [3.63, 3.8) is 0 Å². The zero-order chi connectivity index (χ0) is 15.1. The van der Waals surface area contributed by atoms with Crippen molar-refractivity contribution in [2.24, 2.45) is 5.92 Å². The van der Waals surface area contributed by atoms with Crippen molar-refractivity contribution in [2.45, 2.75) is 31.6 Å². The van der Waals surface area contributed by atoms with Crippen LogP contribution < -0.4 is 10.6 Å². The highest BCUT2D eigenvalue weighted by Crippen LogP contribution is 2.19. The number of piperidine rings is 1. The first-order valence-electron chi connectivity index (χ1n) is 7.37. The van der Waals surface area contributed by atoms with Crippen molar-refractivity contribution in [2.75, 3.05) is 24.2 Å². The van der Waals surface area contributed by atoms with Crippen LogP contribution >= 0.6 is 11.8 Å². The molecule has 2 atom stereocenters. The molecule has 0 unspecified atom stereocenters. The van der Waals surface area contributed by atoms with E-state index in [9.17, 15) is 4.79 Å². The average molecular weight is 309 g/mol. The molecule has 1 aromatic rings. The molecule has 2 heterocycles. The van der Waals surface area contributed by atoms with Crippen LogP contribution in [0.5, 0.6) is 0 Å². The second kappa shape index (κ2) is 8.36. The van der Waals surface area contributed by atoms with Gasteiger partial charge in [0.05, 0.1) is 6.61 Å². The normalized spacial score (nSPS) is 22.0. The zero-order valence-electron chi connectivity index (χ0n) is 12.3. The highest BCUT2D eigenvalue weighted by molar-refractivity contribution is 7.98. The summed E-state index contributed by atoms with van der Waals surface area (Å²) in [6.07, 6.45) is 3.47. The lowest BCUT2D eigenvalue weighted by Crippen LogP contribution is -2.40. The molecule has 1 aliphatic heterocycles. The molecule has 0 aliphatic carbocycles. The lowest BCUT2D eigenvalue weighted by Gasteiger charge is -2.26. The van der Waals surface area contributed by atoms with E-state index in [2.05, 4.69) is 22.5 Å². The van der Waals surface area contributed by atoms with Crippen LogP contribution in [0.1, 0.15) is 25.3 Å². The topological polar surface area (TPSA) is 74.2 Å². The molecule has 1 amide bonds. The largest absolute Gasteiger partial charge is 0.396 e. The van der Waals surface area contributed by atoms with E-state index in [0.29, 0.717) is 11.9 Å². The van der Waals surface area contributed by atoms with Gasteiger partial charge in [0.1, 0.15) is 5.82 Å². The number of aromatic nitrogens is 1. The summed E-state index contributed by atoms with van der Waals surface area (Å²) in [4.78, 5) is 16.5. The smallest absolute Gasteiger partial charge is 0.228 e. The Balaban J connectivity index is 1.89. The number of hydrogen-bond acceptors (Lipinski definition) is 5. The molecule has 116 valence electrons. The number of aliphatic hydroxyl groups is 1. The maximum absolute atomic E-state index is 12.3. The van der Waals surface area contributed by atoms with E-state index in [1.165, 1.54) is 0 Å². The third-order valence-electron chi connectivity index (χ3n) is 3.57. The van der Waals surface area contributed by atoms with E-state index in [1.807, 2.05) is 12.1 Å². The molecule has 3 N–H and O–H groups in total. The third kappa shape index (κ3) is 5.30. The molecular weight excluding hydrogens is 286 g/mol. The van der Waals surface area contributed by atoms with Gasteiger partial charge in [-0.15, -0.1) is 0 Å². The molecule has 1 aliphatic rings. The zero-order valence-corrected chi connectivity index (χ0v) is 13.2. The van der Waals surface area contributed by atoms with Gasteiger partial charge in [0.2, 0.25) is 5.91 Å². The fourth-order valence-corrected chi connectivity index (χ4v) is 3.17. The predicted octanol–water partition coefficient (Wildman–Crippen LogP) is 1.63. The van der Waals surface area contributed by atoms with Gasteiger partial charge in [-0.3, -0.25) is 4.79 Å². The van der Waals surface area contributed by atoms with Crippen LogP contribution in [-0.2, 0) is 10.5 Å². The van der Waals surface area contributed by atoms with Crippen molar-refractivity contribution in [1.29, 1.82) is 0 Å². The summed E-state index contributed by atoms with van der Waals surface area (Å²) in [5.41, 5.74) is 1.11. The van der Waals surface area contributed by atoms with Crippen LogP contribution in [0, 0.1) is 5.92 Å². The molecule has 0 radical (unpaired) electrons. The summed E-state index contributed by atoms with van der Waals surface area (Å²) >= 11 is 1.66. The predicted molar refractivity (Wildman–Crippen MR) is 86.3 cm³/mol. The van der Waals surface area contributed by atoms with E-state index in [-0.39, 0.29) is 18.4 Å². The lowest BCUT2D eigenvalue weighted by molar-refractivity contribution is -0.120. The maximum Gasteiger partial charge on any atom is 0.228 e. The van der Waals surface area contributed by atoms with Gasteiger partial charge in [0.25, 0.3) is 0 Å². The molecule has 0 bridgehead atoms. The Morgan fingerprint density at radius 2 is 2.48 bits per heavy atom. The molecule has 5 nitrogen and oxygen atoms in total. The maximum atomic E-state index is 12.3. The van der Waals surface area contributed by atoms with Crippen LogP contribution in [0.15, 0.2) is 18.3 Å². The molecule has 0 aromatic carbocycles. The first-order valence-corrected chi connectivity index (χ1v) is 8.52. The second-order valence-electron chi connectivity index (χ2n) is 5.39. The quantitative estimate of drug-likeness (QED) is 0.697. The van der Waals surface area contributed by atoms with Gasteiger partial charge in [-0.1, -0.05) is 0 Å². The lowest BCUT2D eigenvalue weighted by atomic mass is 9.92. The number of nitrogens with one attached hydrogen (secondary N) is 2. The van der Waals surface area contributed by atoms with E-state index in [1.54, 1.807) is 18.0 Å². The standard InChI is InChI=1S/C15H23N3O2S/c1-11-8-13(3-5-16-11)15(20)18-14-9-12(2-4-17-14)10-21-7-6-19/h2,4,9,11,13,16,19H,3,5-8,10H2,1H3,(H,17,18,20)/t11-,13-/m0/s1. The number of nitrogens with zero attached hydrogens (tertiary/aromatic N) is 1. The van der Waals surface area contributed by atoms with Gasteiger partial charge < -0.3 is 15.7 Å². The van der Waals surface area contributed by atoms with E-state index in [0.717, 1.165) is 36.5 Å². The van der Waals surface area contributed by atoms with Crippen LogP contribution in [0.2, 0.25) is 0 Å². The summed E-state index contributed by atoms with van der Waals surface area (Å²) in [7, 11) is 0. The minimum atomic E-state index is 0.0653. The van der Waals surface area contributed by atoms with Gasteiger partial charge in [0.15, 0.2) is 0 Å². The second-order valence-corrected chi connectivity index (χ2v) is 6.50. The highest BCUT2D eigenvalue weighted by Gasteiger charge is 2.24. The third-order valence-corrected chi connectivity index (χ3v) is 4.58. The van der Waals surface area contributed by atoms with Crippen molar-refractivity contribution >= 4 is 23.5 Å². The molecule has 6 heteroatoms. The molecule has 1 fully saturated rings. The molecule has 2 rings (SSSR count). The van der Waals surface area contributed by atoms with Crippen molar-refractivity contribution in [1.82, 2.24) is 10.3 Å². The Bertz CT molecular complexity index is 470. The van der Waals surface area contributed by atoms with Gasteiger partial charge in [0, 0.05) is 29.7 Å². The SMILES string of the molecule is C[C@H]1C[C@@H](C(=O)Nc2cc(CSCCO)ccn2)CCN1. The molecule has 21 heavy (non-hydrogen) atoms. The monoisotopic (exact) mass is 309 g/mol. The Hall–Kier alpha value is -1.11. The Morgan fingerprint density at radius 3 is 3.24 bits per heavy atom. The summed E-state index contributed by atoms with van der Waals surface area (Å²) < 4.78 is 0. The Kier molecular flexibility index (Phi) is 6.48. The number of hydrogen-bond donors (Lipinski definition) is 3. The van der Waals surface area contributed by atoms with Crippen molar-refractivity contribution < 1.29 is 9.90 Å². The number of carbonyl (C=O) groups is 1. The number of carbonyl (C=O) groups excluding carboxylic acids is 1. The van der Waals surface area contributed by atoms with Crippen molar-refractivity contribution in [3.8, 4) is 0 Å².